The van der Waals surface area contributed by atoms with Crippen molar-refractivity contribution in [1.29, 1.82) is 0 Å². The third-order valence-electron chi connectivity index (χ3n) is 4.35. The highest BCUT2D eigenvalue weighted by atomic mass is 16.5. The van der Waals surface area contributed by atoms with Crippen LogP contribution in [0, 0.1) is 5.41 Å². The zero-order chi connectivity index (χ0) is 13.0. The van der Waals surface area contributed by atoms with Gasteiger partial charge in [-0.1, -0.05) is 0 Å². The molecule has 0 saturated carbocycles. The summed E-state index contributed by atoms with van der Waals surface area (Å²) >= 11 is 0. The number of likely N-dealkylation sites (tertiary alicyclic amines) is 1. The highest BCUT2D eigenvalue weighted by molar-refractivity contribution is 5.60. The largest absolute Gasteiger partial charge is 0.380 e. The van der Waals surface area contributed by atoms with Crippen LogP contribution in [0.1, 0.15) is 25.7 Å². The topological polar surface area (TPSA) is 32.8 Å². The average molecular weight is 254 g/mol. The van der Waals surface area contributed by atoms with Crippen LogP contribution in [0.25, 0.3) is 0 Å². The molecule has 2 unspecified atom stereocenters. The molecule has 0 bridgehead atoms. The number of nitrogens with zero attached hydrogens (tertiary/aromatic N) is 2. The molecule has 0 aromatic carbocycles. The van der Waals surface area contributed by atoms with Gasteiger partial charge in [-0.05, 0) is 46.3 Å². The minimum atomic E-state index is -0.244. The molecule has 2 aliphatic heterocycles. The van der Waals surface area contributed by atoms with Gasteiger partial charge in [0.2, 0.25) is 0 Å². The van der Waals surface area contributed by atoms with E-state index in [1.165, 1.54) is 12.8 Å². The standard InChI is InChI=1S/C14H26N2O2/c1-15(2)13-5-3-7-16(9-13)10-14(11-17)6-4-8-18-12-14/h11,13H,3-10,12H2,1-2H3. The lowest BCUT2D eigenvalue weighted by Crippen LogP contribution is -2.51. The Labute approximate surface area is 110 Å². The highest BCUT2D eigenvalue weighted by Gasteiger charge is 2.36. The smallest absolute Gasteiger partial charge is 0.129 e. The summed E-state index contributed by atoms with van der Waals surface area (Å²) in [5, 5.41) is 0. The molecule has 2 aliphatic rings. The predicted molar refractivity (Wildman–Crippen MR) is 71.7 cm³/mol. The lowest BCUT2D eigenvalue weighted by atomic mass is 9.83. The van der Waals surface area contributed by atoms with E-state index in [-0.39, 0.29) is 5.41 Å². The van der Waals surface area contributed by atoms with Crippen molar-refractivity contribution < 1.29 is 9.53 Å². The van der Waals surface area contributed by atoms with E-state index in [2.05, 4.69) is 23.9 Å². The van der Waals surface area contributed by atoms with Crippen LogP contribution < -0.4 is 0 Å². The number of carbonyl (C=O) groups excluding carboxylic acids is 1. The molecule has 0 aromatic rings. The van der Waals surface area contributed by atoms with Crippen LogP contribution in [-0.2, 0) is 9.53 Å². The summed E-state index contributed by atoms with van der Waals surface area (Å²) in [6.45, 7) is 4.51. The minimum absolute atomic E-state index is 0.244. The summed E-state index contributed by atoms with van der Waals surface area (Å²) in [5.41, 5.74) is -0.244. The molecular weight excluding hydrogens is 228 g/mol. The zero-order valence-electron chi connectivity index (χ0n) is 11.7. The van der Waals surface area contributed by atoms with Gasteiger partial charge in [0.1, 0.15) is 6.29 Å². The van der Waals surface area contributed by atoms with Crippen molar-refractivity contribution in [1.82, 2.24) is 9.80 Å². The Hall–Kier alpha value is -0.450. The second-order valence-corrected chi connectivity index (χ2v) is 6.13. The molecular formula is C14H26N2O2. The van der Waals surface area contributed by atoms with Crippen molar-refractivity contribution in [2.24, 2.45) is 5.41 Å². The summed E-state index contributed by atoms with van der Waals surface area (Å²) in [5.74, 6) is 0. The molecule has 0 amide bonds. The normalized spacial score (nSPS) is 34.7. The highest BCUT2D eigenvalue weighted by Crippen LogP contribution is 2.29. The number of carbonyl (C=O) groups is 1. The van der Waals surface area contributed by atoms with Gasteiger partial charge >= 0.3 is 0 Å². The van der Waals surface area contributed by atoms with E-state index >= 15 is 0 Å². The molecule has 0 N–H and O–H groups in total. The van der Waals surface area contributed by atoms with Gasteiger partial charge < -0.3 is 19.3 Å². The molecule has 4 heteroatoms. The fraction of sp³-hybridized carbons (Fsp3) is 0.929. The Kier molecular flexibility index (Phi) is 4.76. The Morgan fingerprint density at radius 2 is 2.28 bits per heavy atom. The van der Waals surface area contributed by atoms with Crippen LogP contribution in [0.2, 0.25) is 0 Å². The maximum atomic E-state index is 11.5. The van der Waals surface area contributed by atoms with Crippen molar-refractivity contribution in [3.63, 3.8) is 0 Å². The molecule has 18 heavy (non-hydrogen) atoms. The minimum Gasteiger partial charge on any atom is -0.380 e. The predicted octanol–water partition coefficient (Wildman–Crippen LogP) is 1.01. The van der Waals surface area contributed by atoms with E-state index in [0.29, 0.717) is 12.6 Å². The van der Waals surface area contributed by atoms with E-state index in [4.69, 9.17) is 4.74 Å². The third kappa shape index (κ3) is 3.31. The average Bonchev–Trinajstić information content (AvgIpc) is 2.40. The number of ether oxygens (including phenoxy) is 1. The maximum Gasteiger partial charge on any atom is 0.129 e. The molecule has 2 rings (SSSR count). The Balaban J connectivity index is 1.92. The van der Waals surface area contributed by atoms with Crippen LogP contribution >= 0.6 is 0 Å². The van der Waals surface area contributed by atoms with E-state index in [1.54, 1.807) is 0 Å². The van der Waals surface area contributed by atoms with Crippen molar-refractivity contribution >= 4 is 6.29 Å². The van der Waals surface area contributed by atoms with E-state index in [1.807, 2.05) is 0 Å². The Bertz CT molecular complexity index is 275. The second-order valence-electron chi connectivity index (χ2n) is 6.13. The SMILES string of the molecule is CN(C)C1CCCN(CC2(C=O)CCCOC2)C1. The number of hydrogen-bond donors (Lipinski definition) is 0. The summed E-state index contributed by atoms with van der Waals surface area (Å²) in [6.07, 6.45) is 5.65. The van der Waals surface area contributed by atoms with Gasteiger partial charge in [-0.25, -0.2) is 0 Å². The van der Waals surface area contributed by atoms with Crippen molar-refractivity contribution in [2.75, 3.05) is 46.9 Å². The monoisotopic (exact) mass is 254 g/mol. The number of aldehydes is 1. The Morgan fingerprint density at radius 3 is 2.89 bits per heavy atom. The molecule has 0 aromatic heterocycles. The lowest BCUT2D eigenvalue weighted by Gasteiger charge is -2.41. The fourth-order valence-electron chi connectivity index (χ4n) is 3.17. The molecule has 0 spiro atoms. The lowest BCUT2D eigenvalue weighted by molar-refractivity contribution is -0.126. The number of likely N-dealkylation sites (N-methyl/N-ethyl adjacent to an activating group) is 1. The van der Waals surface area contributed by atoms with Gasteiger partial charge in [0, 0.05) is 25.7 Å². The van der Waals surface area contributed by atoms with Crippen LogP contribution in [-0.4, -0.2) is 69.1 Å². The first-order valence-electron chi connectivity index (χ1n) is 7.08. The van der Waals surface area contributed by atoms with Gasteiger partial charge in [-0.2, -0.15) is 0 Å². The number of piperidine rings is 1. The van der Waals surface area contributed by atoms with Crippen molar-refractivity contribution in [2.45, 2.75) is 31.7 Å². The fourth-order valence-corrected chi connectivity index (χ4v) is 3.17. The molecule has 0 aliphatic carbocycles. The summed E-state index contributed by atoms with van der Waals surface area (Å²) in [7, 11) is 4.29. The number of rotatable bonds is 4. The van der Waals surface area contributed by atoms with Crippen LogP contribution in [0.5, 0.6) is 0 Å². The Morgan fingerprint density at radius 1 is 1.44 bits per heavy atom. The molecule has 4 nitrogen and oxygen atoms in total. The van der Waals surface area contributed by atoms with Crippen LogP contribution in [0.3, 0.4) is 0 Å². The zero-order valence-corrected chi connectivity index (χ0v) is 11.7. The molecule has 2 atom stereocenters. The van der Waals surface area contributed by atoms with Gasteiger partial charge in [0.05, 0.1) is 12.0 Å². The molecule has 104 valence electrons. The van der Waals surface area contributed by atoms with Gasteiger partial charge in [-0.15, -0.1) is 0 Å². The summed E-state index contributed by atoms with van der Waals surface area (Å²) in [4.78, 5) is 16.2. The second kappa shape index (κ2) is 6.13. The van der Waals surface area contributed by atoms with E-state index < -0.39 is 0 Å². The first-order chi connectivity index (χ1) is 8.65. The first-order valence-corrected chi connectivity index (χ1v) is 7.08. The molecule has 0 radical (unpaired) electrons. The van der Waals surface area contributed by atoms with Crippen LogP contribution in [0.15, 0.2) is 0 Å². The summed E-state index contributed by atoms with van der Waals surface area (Å²) in [6, 6.07) is 0.631. The van der Waals surface area contributed by atoms with Gasteiger partial charge in [0.25, 0.3) is 0 Å². The van der Waals surface area contributed by atoms with Crippen molar-refractivity contribution in [3.8, 4) is 0 Å². The van der Waals surface area contributed by atoms with Gasteiger partial charge in [0.15, 0.2) is 0 Å². The molecule has 2 heterocycles. The molecule has 2 fully saturated rings. The quantitative estimate of drug-likeness (QED) is 0.701. The number of hydrogen-bond acceptors (Lipinski definition) is 4. The van der Waals surface area contributed by atoms with Crippen LogP contribution in [0.4, 0.5) is 0 Å². The summed E-state index contributed by atoms with van der Waals surface area (Å²) < 4.78 is 5.52. The van der Waals surface area contributed by atoms with Gasteiger partial charge in [-0.3, -0.25) is 0 Å². The van der Waals surface area contributed by atoms with E-state index in [9.17, 15) is 4.79 Å². The molecule has 2 saturated heterocycles. The van der Waals surface area contributed by atoms with E-state index in [0.717, 1.165) is 45.4 Å². The maximum absolute atomic E-state index is 11.5. The first kappa shape index (κ1) is 14.0. The van der Waals surface area contributed by atoms with Crippen molar-refractivity contribution in [3.05, 3.63) is 0 Å². The third-order valence-corrected chi connectivity index (χ3v) is 4.35.